The van der Waals surface area contributed by atoms with Crippen LogP contribution < -0.4 is 4.74 Å². The molecule has 0 aliphatic carbocycles. The maximum Gasteiger partial charge on any atom is 0.119 e. The molecule has 0 radical (unpaired) electrons. The molecule has 104 valence electrons. The van der Waals surface area contributed by atoms with Crippen LogP contribution in [0.3, 0.4) is 0 Å². The minimum atomic E-state index is 0.0212. The van der Waals surface area contributed by atoms with Gasteiger partial charge in [0.05, 0.1) is 12.7 Å². The zero-order chi connectivity index (χ0) is 14.0. The van der Waals surface area contributed by atoms with E-state index in [9.17, 15) is 0 Å². The highest BCUT2D eigenvalue weighted by Crippen LogP contribution is 2.12. The highest BCUT2D eigenvalue weighted by Gasteiger charge is 2.08. The average Bonchev–Trinajstić information content (AvgIpc) is 2.52. The number of hydrogen-bond donors (Lipinski definition) is 0. The summed E-state index contributed by atoms with van der Waals surface area (Å²) < 4.78 is 11.6. The predicted molar refractivity (Wildman–Crippen MR) is 81.8 cm³/mol. The quantitative estimate of drug-likeness (QED) is 0.667. The molecular weight excluding hydrogens is 248 g/mol. The van der Waals surface area contributed by atoms with Gasteiger partial charge in [0, 0.05) is 0 Å². The third kappa shape index (κ3) is 4.90. The summed E-state index contributed by atoms with van der Waals surface area (Å²) in [5.74, 6) is 0.866. The van der Waals surface area contributed by atoms with Crippen molar-refractivity contribution >= 4 is 0 Å². The zero-order valence-corrected chi connectivity index (χ0v) is 11.6. The maximum absolute atomic E-state index is 5.89. The van der Waals surface area contributed by atoms with Crippen LogP contribution in [0.5, 0.6) is 5.75 Å². The predicted octanol–water partition coefficient (Wildman–Crippen LogP) is 4.23. The molecule has 2 rings (SSSR count). The first-order valence-electron chi connectivity index (χ1n) is 6.83. The Kier molecular flexibility index (Phi) is 5.87. The first-order chi connectivity index (χ1) is 9.88. The second-order valence-corrected chi connectivity index (χ2v) is 4.57. The molecule has 0 fully saturated rings. The van der Waals surface area contributed by atoms with Crippen molar-refractivity contribution < 1.29 is 9.47 Å². The van der Waals surface area contributed by atoms with Crippen molar-refractivity contribution in [3.8, 4) is 5.75 Å². The molecule has 0 saturated heterocycles. The lowest BCUT2D eigenvalue weighted by atomic mass is 10.2. The Labute approximate surface area is 120 Å². The number of rotatable bonds is 8. The second-order valence-electron chi connectivity index (χ2n) is 4.57. The average molecular weight is 268 g/mol. The normalized spacial score (nSPS) is 11.8. The lowest BCUT2D eigenvalue weighted by Gasteiger charge is -2.17. The van der Waals surface area contributed by atoms with Crippen LogP contribution in [0.2, 0.25) is 0 Å². The monoisotopic (exact) mass is 268 g/mol. The first-order valence-corrected chi connectivity index (χ1v) is 6.83. The molecule has 0 saturated carbocycles. The van der Waals surface area contributed by atoms with E-state index >= 15 is 0 Å². The van der Waals surface area contributed by atoms with Gasteiger partial charge in [-0.1, -0.05) is 54.6 Å². The van der Waals surface area contributed by atoms with Crippen molar-refractivity contribution in [2.24, 2.45) is 0 Å². The van der Waals surface area contributed by atoms with Crippen molar-refractivity contribution in [3.63, 3.8) is 0 Å². The lowest BCUT2D eigenvalue weighted by Crippen LogP contribution is -2.21. The molecule has 2 aromatic carbocycles. The van der Waals surface area contributed by atoms with Gasteiger partial charge in [0.25, 0.3) is 0 Å². The van der Waals surface area contributed by atoms with Gasteiger partial charge < -0.3 is 9.47 Å². The maximum atomic E-state index is 5.89. The van der Waals surface area contributed by atoms with Crippen molar-refractivity contribution in [1.29, 1.82) is 0 Å². The fraction of sp³-hybridized carbons (Fsp3) is 0.222. The Balaban J connectivity index is 1.82. The molecule has 1 unspecified atom stereocenters. The van der Waals surface area contributed by atoms with Crippen LogP contribution in [-0.4, -0.2) is 12.7 Å². The summed E-state index contributed by atoms with van der Waals surface area (Å²) in [5.41, 5.74) is 1.17. The molecule has 20 heavy (non-hydrogen) atoms. The fourth-order valence-corrected chi connectivity index (χ4v) is 1.86. The number of benzene rings is 2. The molecule has 0 spiro atoms. The van der Waals surface area contributed by atoms with Gasteiger partial charge in [-0.15, -0.1) is 6.58 Å². The molecule has 2 heteroatoms. The smallest absolute Gasteiger partial charge is 0.119 e. The van der Waals surface area contributed by atoms with Gasteiger partial charge >= 0.3 is 0 Å². The van der Waals surface area contributed by atoms with E-state index in [0.29, 0.717) is 13.2 Å². The van der Waals surface area contributed by atoms with Crippen LogP contribution in [0.4, 0.5) is 0 Å². The highest BCUT2D eigenvalue weighted by molar-refractivity contribution is 5.21. The number of para-hydroxylation sites is 1. The Hall–Kier alpha value is -2.06. The molecule has 0 N–H and O–H groups in total. The van der Waals surface area contributed by atoms with E-state index in [0.717, 1.165) is 12.2 Å². The minimum absolute atomic E-state index is 0.0212. The van der Waals surface area contributed by atoms with Gasteiger partial charge in [0.2, 0.25) is 0 Å². The molecule has 2 aromatic rings. The molecule has 0 aromatic heterocycles. The summed E-state index contributed by atoms with van der Waals surface area (Å²) >= 11 is 0. The SMILES string of the molecule is C=CCC(COc1ccccc1)OCc1ccccc1. The molecular formula is C18H20O2. The highest BCUT2D eigenvalue weighted by atomic mass is 16.5. The van der Waals surface area contributed by atoms with Crippen molar-refractivity contribution in [2.75, 3.05) is 6.61 Å². The Bertz CT molecular complexity index is 450. The van der Waals surface area contributed by atoms with Crippen LogP contribution in [0.25, 0.3) is 0 Å². The number of hydrogen-bond acceptors (Lipinski definition) is 2. The van der Waals surface area contributed by atoms with E-state index < -0.39 is 0 Å². The Morgan fingerprint density at radius 1 is 0.950 bits per heavy atom. The summed E-state index contributed by atoms with van der Waals surface area (Å²) in [4.78, 5) is 0. The van der Waals surface area contributed by atoms with E-state index in [1.165, 1.54) is 5.56 Å². The molecule has 0 heterocycles. The minimum Gasteiger partial charge on any atom is -0.491 e. The number of ether oxygens (including phenoxy) is 2. The van der Waals surface area contributed by atoms with Gasteiger partial charge in [0.1, 0.15) is 12.4 Å². The van der Waals surface area contributed by atoms with Gasteiger partial charge in [-0.05, 0) is 24.1 Å². The Morgan fingerprint density at radius 3 is 2.25 bits per heavy atom. The fourth-order valence-electron chi connectivity index (χ4n) is 1.86. The van der Waals surface area contributed by atoms with E-state index in [1.807, 2.05) is 54.6 Å². The second kappa shape index (κ2) is 8.18. The summed E-state index contributed by atoms with van der Waals surface area (Å²) in [6.07, 6.45) is 2.66. The summed E-state index contributed by atoms with van der Waals surface area (Å²) in [7, 11) is 0. The van der Waals surface area contributed by atoms with E-state index in [-0.39, 0.29) is 6.10 Å². The third-order valence-electron chi connectivity index (χ3n) is 2.94. The molecule has 0 aliphatic rings. The van der Waals surface area contributed by atoms with Gasteiger partial charge in [-0.3, -0.25) is 0 Å². The van der Waals surface area contributed by atoms with E-state index in [2.05, 4.69) is 18.7 Å². The van der Waals surface area contributed by atoms with E-state index in [1.54, 1.807) is 0 Å². The molecule has 2 nitrogen and oxygen atoms in total. The Morgan fingerprint density at radius 2 is 1.60 bits per heavy atom. The molecule has 0 amide bonds. The van der Waals surface area contributed by atoms with E-state index in [4.69, 9.17) is 9.47 Å². The molecule has 0 bridgehead atoms. The van der Waals surface area contributed by atoms with Gasteiger partial charge in [0.15, 0.2) is 0 Å². The van der Waals surface area contributed by atoms with Crippen molar-refractivity contribution in [2.45, 2.75) is 19.1 Å². The third-order valence-corrected chi connectivity index (χ3v) is 2.94. The van der Waals surface area contributed by atoms with Gasteiger partial charge in [-0.25, -0.2) is 0 Å². The summed E-state index contributed by atoms with van der Waals surface area (Å²) in [5, 5.41) is 0. The summed E-state index contributed by atoms with van der Waals surface area (Å²) in [6.45, 7) is 4.90. The van der Waals surface area contributed by atoms with Crippen LogP contribution in [0.15, 0.2) is 73.3 Å². The topological polar surface area (TPSA) is 18.5 Å². The first kappa shape index (κ1) is 14.4. The van der Waals surface area contributed by atoms with Crippen LogP contribution in [-0.2, 0) is 11.3 Å². The van der Waals surface area contributed by atoms with Crippen LogP contribution >= 0.6 is 0 Å². The van der Waals surface area contributed by atoms with Crippen molar-refractivity contribution in [3.05, 3.63) is 78.9 Å². The van der Waals surface area contributed by atoms with Crippen LogP contribution in [0, 0.1) is 0 Å². The van der Waals surface area contributed by atoms with Crippen molar-refractivity contribution in [1.82, 2.24) is 0 Å². The lowest BCUT2D eigenvalue weighted by molar-refractivity contribution is 0.0116. The largest absolute Gasteiger partial charge is 0.491 e. The van der Waals surface area contributed by atoms with Crippen LogP contribution in [0.1, 0.15) is 12.0 Å². The molecule has 0 aliphatic heterocycles. The standard InChI is InChI=1S/C18H20O2/c1-2-9-18(15-20-17-12-7-4-8-13-17)19-14-16-10-5-3-6-11-16/h2-8,10-13,18H,1,9,14-15H2. The zero-order valence-electron chi connectivity index (χ0n) is 11.6. The van der Waals surface area contributed by atoms with Gasteiger partial charge in [-0.2, -0.15) is 0 Å². The summed E-state index contributed by atoms with van der Waals surface area (Å²) in [6, 6.07) is 19.9. The molecule has 1 atom stereocenters.